The first kappa shape index (κ1) is 21.1. The van der Waals surface area contributed by atoms with Crippen molar-refractivity contribution in [2.24, 2.45) is 0 Å². The molecule has 0 fully saturated rings. The van der Waals surface area contributed by atoms with Crippen LogP contribution in [0, 0.1) is 0 Å². The van der Waals surface area contributed by atoms with Crippen molar-refractivity contribution < 1.29 is 9.52 Å². The maximum atomic E-state index is 12.7. The Bertz CT molecular complexity index is 2210. The Morgan fingerprint density at radius 2 is 0.897 bits per heavy atom. The predicted octanol–water partition coefficient (Wildman–Crippen LogP) is 9.26. The number of hydrogen-bond donors (Lipinski definition) is 1. The molecule has 0 aliphatic heterocycles. The summed E-state index contributed by atoms with van der Waals surface area (Å²) in [6, 6.07) is 43.9. The van der Waals surface area contributed by atoms with Crippen LogP contribution in [-0.2, 0) is 5.60 Å². The molecule has 2 heteroatoms. The highest BCUT2D eigenvalue weighted by atomic mass is 16.3. The van der Waals surface area contributed by atoms with E-state index in [1.807, 2.05) is 48.5 Å². The number of furan rings is 1. The van der Waals surface area contributed by atoms with E-state index in [9.17, 15) is 5.11 Å². The molecule has 1 heterocycles. The second-order valence-electron chi connectivity index (χ2n) is 10.5. The van der Waals surface area contributed by atoms with Crippen LogP contribution in [0.3, 0.4) is 0 Å². The molecule has 1 aliphatic carbocycles. The van der Waals surface area contributed by atoms with Gasteiger partial charge < -0.3 is 9.52 Å². The van der Waals surface area contributed by atoms with Crippen LogP contribution >= 0.6 is 0 Å². The van der Waals surface area contributed by atoms with E-state index in [-0.39, 0.29) is 0 Å². The molecule has 1 aliphatic rings. The topological polar surface area (TPSA) is 33.4 Å². The van der Waals surface area contributed by atoms with Gasteiger partial charge in [0.05, 0.1) is 0 Å². The third-order valence-electron chi connectivity index (χ3n) is 8.68. The highest BCUT2D eigenvalue weighted by Gasteiger charge is 2.44. The summed E-state index contributed by atoms with van der Waals surface area (Å²) in [5.74, 6) is 0. The Hall–Kier alpha value is -4.92. The maximum absolute atomic E-state index is 12.7. The molecular weight excluding hydrogens is 476 g/mol. The van der Waals surface area contributed by atoms with Crippen LogP contribution in [0.5, 0.6) is 0 Å². The van der Waals surface area contributed by atoms with Crippen LogP contribution in [0.2, 0.25) is 0 Å². The van der Waals surface area contributed by atoms with E-state index in [2.05, 4.69) is 78.9 Å². The average Bonchev–Trinajstić information content (AvgIpc) is 3.52. The van der Waals surface area contributed by atoms with E-state index in [1.54, 1.807) is 0 Å². The zero-order valence-electron chi connectivity index (χ0n) is 21.0. The number of rotatable bonds is 2. The summed E-state index contributed by atoms with van der Waals surface area (Å²) in [4.78, 5) is 0. The Balaban J connectivity index is 1.40. The van der Waals surface area contributed by atoms with Crippen LogP contribution < -0.4 is 0 Å². The summed E-state index contributed by atoms with van der Waals surface area (Å²) in [7, 11) is 0. The van der Waals surface area contributed by atoms with Gasteiger partial charge in [-0.15, -0.1) is 0 Å². The normalized spacial score (nSPS) is 14.0. The first-order valence-corrected chi connectivity index (χ1v) is 13.3. The van der Waals surface area contributed by atoms with Gasteiger partial charge in [0.2, 0.25) is 0 Å². The SMILES string of the molecule is OC1(c2ccccc2-c2ccc3c4ccccc4c4cccc5oc2c3c54)c2ccccc2-c2ccccc21. The van der Waals surface area contributed by atoms with Gasteiger partial charge in [0.15, 0.2) is 0 Å². The van der Waals surface area contributed by atoms with E-state index in [4.69, 9.17) is 4.42 Å². The summed E-state index contributed by atoms with van der Waals surface area (Å²) in [6.45, 7) is 0. The van der Waals surface area contributed by atoms with Gasteiger partial charge in [0.1, 0.15) is 16.8 Å². The standard InChI is InChI=1S/C37H22O2/c38-37(30-16-6-3-12-24(30)25-13-4-7-17-31(25)37)32-18-8-5-14-26(32)29-21-20-28-23-11-2-1-10-22(23)27-15-9-19-33-34(27)35(28)36(29)39-33/h1-21,38H. The number of benzene rings is 7. The van der Waals surface area contributed by atoms with Gasteiger partial charge in [-0.05, 0) is 50.4 Å². The van der Waals surface area contributed by atoms with Gasteiger partial charge >= 0.3 is 0 Å². The second kappa shape index (κ2) is 7.35. The van der Waals surface area contributed by atoms with Gasteiger partial charge in [-0.3, -0.25) is 0 Å². The molecule has 7 aromatic carbocycles. The quantitative estimate of drug-likeness (QED) is 0.241. The molecule has 0 unspecified atom stereocenters. The fraction of sp³-hybridized carbons (Fsp3) is 0.0270. The number of hydrogen-bond acceptors (Lipinski definition) is 2. The van der Waals surface area contributed by atoms with Crippen LogP contribution in [0.15, 0.2) is 132 Å². The molecule has 8 aromatic rings. The van der Waals surface area contributed by atoms with Crippen molar-refractivity contribution >= 4 is 43.5 Å². The van der Waals surface area contributed by atoms with E-state index >= 15 is 0 Å². The molecule has 9 rings (SSSR count). The minimum absolute atomic E-state index is 0.856. The van der Waals surface area contributed by atoms with E-state index in [1.165, 1.54) is 21.5 Å². The molecule has 0 spiro atoms. The minimum Gasteiger partial charge on any atom is -0.455 e. The Morgan fingerprint density at radius 3 is 1.51 bits per heavy atom. The molecule has 39 heavy (non-hydrogen) atoms. The molecule has 0 amide bonds. The summed E-state index contributed by atoms with van der Waals surface area (Å²) < 4.78 is 6.68. The van der Waals surface area contributed by atoms with Gasteiger partial charge in [-0.2, -0.15) is 0 Å². The van der Waals surface area contributed by atoms with Crippen molar-refractivity contribution in [3.05, 3.63) is 144 Å². The first-order chi connectivity index (χ1) is 19.2. The number of aliphatic hydroxyl groups is 1. The van der Waals surface area contributed by atoms with Crippen LogP contribution in [0.1, 0.15) is 16.7 Å². The van der Waals surface area contributed by atoms with Gasteiger partial charge in [-0.25, -0.2) is 0 Å². The molecule has 0 bridgehead atoms. The Labute approximate surface area is 224 Å². The van der Waals surface area contributed by atoms with Crippen molar-refractivity contribution in [2.75, 3.05) is 0 Å². The van der Waals surface area contributed by atoms with Gasteiger partial charge in [-0.1, -0.05) is 115 Å². The Morgan fingerprint density at radius 1 is 0.410 bits per heavy atom. The Kier molecular flexibility index (Phi) is 3.97. The smallest absolute Gasteiger partial charge is 0.143 e. The molecule has 0 saturated carbocycles. The molecule has 2 nitrogen and oxygen atoms in total. The fourth-order valence-electron chi connectivity index (χ4n) is 7.07. The van der Waals surface area contributed by atoms with E-state index in [0.717, 1.165) is 60.9 Å². The summed E-state index contributed by atoms with van der Waals surface area (Å²) in [5, 5.41) is 19.9. The predicted molar refractivity (Wildman–Crippen MR) is 159 cm³/mol. The van der Waals surface area contributed by atoms with Crippen molar-refractivity contribution in [2.45, 2.75) is 5.60 Å². The minimum atomic E-state index is -1.28. The molecule has 0 radical (unpaired) electrons. The summed E-state index contributed by atoms with van der Waals surface area (Å²) in [5.41, 5.74) is 7.25. The van der Waals surface area contributed by atoms with E-state index < -0.39 is 5.60 Å². The lowest BCUT2D eigenvalue weighted by molar-refractivity contribution is 0.131. The van der Waals surface area contributed by atoms with Gasteiger partial charge in [0.25, 0.3) is 0 Å². The largest absolute Gasteiger partial charge is 0.455 e. The molecule has 0 atom stereocenters. The lowest BCUT2D eigenvalue weighted by Gasteiger charge is -2.29. The monoisotopic (exact) mass is 498 g/mol. The molecule has 1 aromatic heterocycles. The number of fused-ring (bicyclic) bond motifs is 6. The van der Waals surface area contributed by atoms with E-state index in [0.29, 0.717) is 0 Å². The molecule has 0 saturated heterocycles. The second-order valence-corrected chi connectivity index (χ2v) is 10.5. The lowest BCUT2D eigenvalue weighted by atomic mass is 9.80. The van der Waals surface area contributed by atoms with Crippen LogP contribution in [0.25, 0.3) is 65.7 Å². The highest BCUT2D eigenvalue weighted by Crippen LogP contribution is 2.54. The maximum Gasteiger partial charge on any atom is 0.143 e. The van der Waals surface area contributed by atoms with Crippen LogP contribution in [-0.4, -0.2) is 5.11 Å². The zero-order chi connectivity index (χ0) is 25.7. The fourth-order valence-corrected chi connectivity index (χ4v) is 7.07. The van der Waals surface area contributed by atoms with Crippen LogP contribution in [0.4, 0.5) is 0 Å². The molecular formula is C37H22O2. The average molecular weight is 499 g/mol. The molecule has 1 N–H and O–H groups in total. The van der Waals surface area contributed by atoms with Crippen molar-refractivity contribution in [1.29, 1.82) is 0 Å². The zero-order valence-corrected chi connectivity index (χ0v) is 21.0. The summed E-state index contributed by atoms with van der Waals surface area (Å²) >= 11 is 0. The van der Waals surface area contributed by atoms with Gasteiger partial charge in [0, 0.05) is 33.0 Å². The third-order valence-corrected chi connectivity index (χ3v) is 8.68. The lowest BCUT2D eigenvalue weighted by Crippen LogP contribution is -2.27. The third kappa shape index (κ3) is 2.54. The van der Waals surface area contributed by atoms with Crippen molar-refractivity contribution in [3.63, 3.8) is 0 Å². The first-order valence-electron chi connectivity index (χ1n) is 13.3. The molecule has 182 valence electrons. The summed E-state index contributed by atoms with van der Waals surface area (Å²) in [6.07, 6.45) is 0. The van der Waals surface area contributed by atoms with Crippen molar-refractivity contribution in [1.82, 2.24) is 0 Å². The highest BCUT2D eigenvalue weighted by molar-refractivity contribution is 6.34. The van der Waals surface area contributed by atoms with Crippen molar-refractivity contribution in [3.8, 4) is 22.3 Å².